The van der Waals surface area contributed by atoms with Crippen molar-refractivity contribution in [3.8, 4) is 11.1 Å². The molecule has 1 nitrogen and oxygen atoms in total. The molecule has 0 amide bonds. The molecule has 0 spiro atoms. The lowest BCUT2D eigenvalue weighted by molar-refractivity contribution is 0.577. The monoisotopic (exact) mass is 438 g/mol. The van der Waals surface area contributed by atoms with Crippen molar-refractivity contribution in [1.29, 1.82) is 0 Å². The van der Waals surface area contributed by atoms with E-state index in [1.165, 1.54) is 32.7 Å². The third kappa shape index (κ3) is 2.92. The molecule has 1 heterocycles. The molecule has 0 unspecified atom stereocenters. The van der Waals surface area contributed by atoms with Gasteiger partial charge in [0.05, 0.1) is 0 Å². The van der Waals surface area contributed by atoms with E-state index in [1.54, 1.807) is 0 Å². The molecule has 0 atom stereocenters. The van der Waals surface area contributed by atoms with E-state index < -0.39 is 0 Å². The van der Waals surface area contributed by atoms with Crippen molar-refractivity contribution >= 4 is 59.5 Å². The largest absolute Gasteiger partial charge is 0.457 e. The summed E-state index contributed by atoms with van der Waals surface area (Å²) in [5, 5.41) is 7.11. The number of fused-ring (bicyclic) bond motifs is 4. The maximum absolute atomic E-state index is 5.92. The van der Waals surface area contributed by atoms with E-state index in [1.807, 2.05) is 25.1 Å². The first kappa shape index (κ1) is 18.0. The molecule has 0 radical (unpaired) electrons. The Kier molecular flexibility index (Phi) is 4.37. The van der Waals surface area contributed by atoms with Crippen molar-refractivity contribution in [2.24, 2.45) is 0 Å². The highest BCUT2D eigenvalue weighted by atomic mass is 79.9. The Balaban J connectivity index is 1.89. The number of allylic oxidation sites excluding steroid dienone is 2. The van der Waals surface area contributed by atoms with Gasteiger partial charge in [-0.05, 0) is 57.8 Å². The molecular formula is C27H19BrO. The molecule has 0 aliphatic carbocycles. The minimum atomic E-state index is 0.672. The number of furan rings is 1. The average Bonchev–Trinajstić information content (AvgIpc) is 3.08. The molecule has 0 bridgehead atoms. The SMILES string of the molecule is C=c1oc2ccc(-c3cc4ccccc4c4ccccc34)cc2/c1=C(Br)/C=C\C. The third-order valence-corrected chi connectivity index (χ3v) is 6.05. The first-order valence-corrected chi connectivity index (χ1v) is 10.4. The van der Waals surface area contributed by atoms with E-state index in [0.29, 0.717) is 5.42 Å². The Morgan fingerprint density at radius 3 is 2.38 bits per heavy atom. The van der Waals surface area contributed by atoms with Gasteiger partial charge in [0.15, 0.2) is 0 Å². The van der Waals surface area contributed by atoms with Gasteiger partial charge in [-0.2, -0.15) is 0 Å². The van der Waals surface area contributed by atoms with E-state index in [2.05, 4.69) is 89.2 Å². The summed E-state index contributed by atoms with van der Waals surface area (Å²) in [6.45, 7) is 6.10. The molecule has 2 heteroatoms. The van der Waals surface area contributed by atoms with Crippen LogP contribution >= 0.6 is 15.9 Å². The summed E-state index contributed by atoms with van der Waals surface area (Å²) in [7, 11) is 0. The predicted molar refractivity (Wildman–Crippen MR) is 129 cm³/mol. The van der Waals surface area contributed by atoms with E-state index in [-0.39, 0.29) is 0 Å². The van der Waals surface area contributed by atoms with Gasteiger partial charge in [0.1, 0.15) is 11.0 Å². The topological polar surface area (TPSA) is 13.1 Å². The van der Waals surface area contributed by atoms with Crippen LogP contribution in [0, 0.1) is 0 Å². The molecule has 29 heavy (non-hydrogen) atoms. The van der Waals surface area contributed by atoms with Crippen LogP contribution in [0.4, 0.5) is 0 Å². The number of hydrogen-bond donors (Lipinski definition) is 0. The lowest BCUT2D eigenvalue weighted by atomic mass is 9.93. The zero-order valence-corrected chi connectivity index (χ0v) is 17.7. The van der Waals surface area contributed by atoms with Gasteiger partial charge in [-0.1, -0.05) is 89.3 Å². The Bertz CT molecular complexity index is 1540. The van der Waals surface area contributed by atoms with Crippen LogP contribution in [0.2, 0.25) is 0 Å². The molecule has 0 aliphatic rings. The second kappa shape index (κ2) is 7.06. The summed E-state index contributed by atoms with van der Waals surface area (Å²) in [5.74, 6) is 0. The molecule has 140 valence electrons. The molecule has 0 saturated carbocycles. The summed E-state index contributed by atoms with van der Waals surface area (Å²) in [5.41, 5.74) is 3.91. The lowest BCUT2D eigenvalue weighted by Crippen LogP contribution is -2.19. The highest BCUT2D eigenvalue weighted by molar-refractivity contribution is 9.15. The Morgan fingerprint density at radius 1 is 0.862 bits per heavy atom. The zero-order valence-electron chi connectivity index (χ0n) is 16.1. The van der Waals surface area contributed by atoms with Gasteiger partial charge in [0, 0.05) is 15.1 Å². The highest BCUT2D eigenvalue weighted by Gasteiger charge is 2.11. The predicted octanol–water partition coefficient (Wildman–Crippen LogP) is 6.90. The minimum Gasteiger partial charge on any atom is -0.457 e. The van der Waals surface area contributed by atoms with E-state index in [0.717, 1.165) is 20.7 Å². The molecular weight excluding hydrogens is 420 g/mol. The molecule has 0 saturated heterocycles. The quantitative estimate of drug-likeness (QED) is 0.273. The second-order valence-corrected chi connectivity index (χ2v) is 8.00. The number of hydrogen-bond acceptors (Lipinski definition) is 1. The van der Waals surface area contributed by atoms with Gasteiger partial charge >= 0.3 is 0 Å². The van der Waals surface area contributed by atoms with Crippen LogP contribution in [-0.4, -0.2) is 0 Å². The zero-order chi connectivity index (χ0) is 20.0. The molecule has 5 aromatic rings. The number of rotatable bonds is 2. The Labute approximate surface area is 177 Å². The van der Waals surface area contributed by atoms with E-state index >= 15 is 0 Å². The first-order chi connectivity index (χ1) is 14.2. The minimum absolute atomic E-state index is 0.672. The van der Waals surface area contributed by atoms with Crippen molar-refractivity contribution in [3.05, 3.63) is 95.6 Å². The standard InChI is InChI=1S/C27H19BrO/c1-3-8-25(28)27-17(2)29-26-14-13-19(16-24(26)27)23-15-18-9-4-5-10-20(18)21-11-6-7-12-22(21)23/h3-16H,2H2,1H3/b8-3-,27-25-. The van der Waals surface area contributed by atoms with Crippen LogP contribution in [0.3, 0.4) is 0 Å². The van der Waals surface area contributed by atoms with Crippen molar-refractivity contribution in [2.45, 2.75) is 6.92 Å². The van der Waals surface area contributed by atoms with Gasteiger partial charge in [-0.15, -0.1) is 0 Å². The average molecular weight is 439 g/mol. The maximum Gasteiger partial charge on any atom is 0.135 e. The molecule has 5 rings (SSSR count). The van der Waals surface area contributed by atoms with Crippen molar-refractivity contribution < 1.29 is 4.42 Å². The number of halogens is 1. The van der Waals surface area contributed by atoms with E-state index in [4.69, 9.17) is 4.42 Å². The fraction of sp³-hybridized carbons (Fsp3) is 0.0370. The molecule has 0 fully saturated rings. The molecule has 0 N–H and O–H groups in total. The van der Waals surface area contributed by atoms with Crippen molar-refractivity contribution in [3.63, 3.8) is 0 Å². The summed E-state index contributed by atoms with van der Waals surface area (Å²) in [6, 6.07) is 25.9. The third-order valence-electron chi connectivity index (χ3n) is 5.39. The highest BCUT2D eigenvalue weighted by Crippen LogP contribution is 2.35. The first-order valence-electron chi connectivity index (χ1n) is 9.62. The fourth-order valence-corrected chi connectivity index (χ4v) is 4.80. The van der Waals surface area contributed by atoms with Crippen molar-refractivity contribution in [1.82, 2.24) is 0 Å². The second-order valence-electron chi connectivity index (χ2n) is 7.15. The molecule has 4 aromatic carbocycles. The number of benzene rings is 4. The van der Waals surface area contributed by atoms with Gasteiger partial charge in [0.2, 0.25) is 0 Å². The van der Waals surface area contributed by atoms with Gasteiger partial charge in [-0.25, -0.2) is 0 Å². The van der Waals surface area contributed by atoms with Crippen LogP contribution in [0.5, 0.6) is 0 Å². The van der Waals surface area contributed by atoms with Crippen LogP contribution in [0.25, 0.3) is 54.7 Å². The Morgan fingerprint density at radius 2 is 1.59 bits per heavy atom. The van der Waals surface area contributed by atoms with Gasteiger partial charge in [-0.3, -0.25) is 0 Å². The smallest absolute Gasteiger partial charge is 0.135 e. The summed E-state index contributed by atoms with van der Waals surface area (Å²) < 4.78 is 6.90. The summed E-state index contributed by atoms with van der Waals surface area (Å²) in [4.78, 5) is 0. The van der Waals surface area contributed by atoms with E-state index in [9.17, 15) is 0 Å². The lowest BCUT2D eigenvalue weighted by Gasteiger charge is -2.11. The molecule has 1 aromatic heterocycles. The van der Waals surface area contributed by atoms with Crippen LogP contribution in [-0.2, 0) is 0 Å². The van der Waals surface area contributed by atoms with Gasteiger partial charge < -0.3 is 4.42 Å². The Hall–Kier alpha value is -3.10. The van der Waals surface area contributed by atoms with Crippen LogP contribution in [0.1, 0.15) is 6.92 Å². The van der Waals surface area contributed by atoms with Crippen LogP contribution in [0.15, 0.2) is 89.4 Å². The van der Waals surface area contributed by atoms with Crippen LogP contribution < -0.4 is 10.6 Å². The van der Waals surface area contributed by atoms with Crippen molar-refractivity contribution in [2.75, 3.05) is 0 Å². The summed E-state index contributed by atoms with van der Waals surface area (Å²) >= 11 is 3.68. The normalized spacial score (nSPS) is 13.0. The molecule has 0 aliphatic heterocycles. The fourth-order valence-electron chi connectivity index (χ4n) is 4.10. The summed E-state index contributed by atoms with van der Waals surface area (Å²) in [6.07, 6.45) is 4.03. The maximum atomic E-state index is 5.92. The van der Waals surface area contributed by atoms with Gasteiger partial charge in [0.25, 0.3) is 0 Å².